The van der Waals surface area contributed by atoms with Gasteiger partial charge in [0.1, 0.15) is 0 Å². The molecule has 0 saturated carbocycles. The van der Waals surface area contributed by atoms with E-state index in [1.807, 2.05) is 12.3 Å². The first-order valence-electron chi connectivity index (χ1n) is 7.13. The van der Waals surface area contributed by atoms with Crippen LogP contribution in [0.5, 0.6) is 0 Å². The number of nitrogens with two attached hydrogens (primary N) is 1. The van der Waals surface area contributed by atoms with Gasteiger partial charge >= 0.3 is 0 Å². The van der Waals surface area contributed by atoms with Gasteiger partial charge in [0, 0.05) is 11.6 Å². The van der Waals surface area contributed by atoms with Crippen LogP contribution in [0.4, 0.5) is 0 Å². The molecule has 3 nitrogen and oxygen atoms in total. The van der Waals surface area contributed by atoms with Gasteiger partial charge in [-0.2, -0.15) is 0 Å². The van der Waals surface area contributed by atoms with Crippen molar-refractivity contribution >= 4 is 10.9 Å². The van der Waals surface area contributed by atoms with Crippen LogP contribution in [0.25, 0.3) is 10.9 Å². The van der Waals surface area contributed by atoms with Crippen LogP contribution in [0.3, 0.4) is 0 Å². The van der Waals surface area contributed by atoms with E-state index in [-0.39, 0.29) is 6.04 Å². The molecule has 3 aromatic rings. The number of nitrogens with zero attached hydrogens (tertiary/aromatic N) is 1. The fourth-order valence-electron chi connectivity index (χ4n) is 2.63. The van der Waals surface area contributed by atoms with Crippen molar-refractivity contribution in [2.45, 2.75) is 19.4 Å². The molecule has 0 aliphatic heterocycles. The van der Waals surface area contributed by atoms with Gasteiger partial charge in [0.2, 0.25) is 0 Å². The number of pyridine rings is 1. The van der Waals surface area contributed by atoms with Crippen molar-refractivity contribution in [2.75, 3.05) is 0 Å². The van der Waals surface area contributed by atoms with E-state index >= 15 is 0 Å². The van der Waals surface area contributed by atoms with E-state index in [2.05, 4.69) is 65.9 Å². The molecule has 0 radical (unpaired) electrons. The van der Waals surface area contributed by atoms with Gasteiger partial charge in [-0.05, 0) is 42.2 Å². The molecule has 2 aromatic carbocycles. The van der Waals surface area contributed by atoms with Gasteiger partial charge in [-0.3, -0.25) is 16.3 Å². The molecule has 1 unspecified atom stereocenters. The van der Waals surface area contributed by atoms with Gasteiger partial charge in [0.25, 0.3) is 0 Å². The molecule has 21 heavy (non-hydrogen) atoms. The SMILES string of the molecule is Cc1ccccc1CC(NN)c1ccc2cccnc2c1. The number of fused-ring (bicyclic) bond motifs is 1. The number of nitrogens with one attached hydrogen (secondary N) is 1. The lowest BCUT2D eigenvalue weighted by atomic mass is 9.96. The Morgan fingerprint density at radius 2 is 1.95 bits per heavy atom. The first kappa shape index (κ1) is 13.7. The maximum Gasteiger partial charge on any atom is 0.0705 e. The third-order valence-electron chi connectivity index (χ3n) is 3.92. The lowest BCUT2D eigenvalue weighted by molar-refractivity contribution is 0.551. The van der Waals surface area contributed by atoms with Crippen molar-refractivity contribution in [3.8, 4) is 0 Å². The highest BCUT2D eigenvalue weighted by atomic mass is 15.2. The number of aryl methyl sites for hydroxylation is 1. The standard InChI is InChI=1S/C18H19N3/c1-13-5-2-3-6-15(13)11-18(21-19)16-9-8-14-7-4-10-20-17(14)12-16/h2-10,12,18,21H,11,19H2,1H3. The maximum absolute atomic E-state index is 5.78. The van der Waals surface area contributed by atoms with Crippen LogP contribution in [0.2, 0.25) is 0 Å². The average molecular weight is 277 g/mol. The minimum atomic E-state index is 0.0810. The third-order valence-corrected chi connectivity index (χ3v) is 3.92. The second-order valence-corrected chi connectivity index (χ2v) is 5.31. The summed E-state index contributed by atoms with van der Waals surface area (Å²) in [5, 5.41) is 1.15. The zero-order chi connectivity index (χ0) is 14.7. The van der Waals surface area contributed by atoms with Crippen LogP contribution in [0.1, 0.15) is 22.7 Å². The van der Waals surface area contributed by atoms with Crippen molar-refractivity contribution in [1.29, 1.82) is 0 Å². The summed E-state index contributed by atoms with van der Waals surface area (Å²) in [6, 6.07) is 18.8. The molecule has 1 atom stereocenters. The molecule has 0 spiro atoms. The number of hydrogen-bond donors (Lipinski definition) is 2. The Balaban J connectivity index is 1.93. The fraction of sp³-hybridized carbons (Fsp3) is 0.167. The second kappa shape index (κ2) is 6.04. The molecule has 1 aromatic heterocycles. The first-order valence-corrected chi connectivity index (χ1v) is 7.13. The molecular weight excluding hydrogens is 258 g/mol. The lowest BCUT2D eigenvalue weighted by Gasteiger charge is -2.18. The summed E-state index contributed by atoms with van der Waals surface area (Å²) in [5.41, 5.74) is 7.69. The summed E-state index contributed by atoms with van der Waals surface area (Å²) in [6.45, 7) is 2.13. The highest BCUT2D eigenvalue weighted by Crippen LogP contribution is 2.22. The van der Waals surface area contributed by atoms with Crippen LogP contribution in [-0.4, -0.2) is 4.98 Å². The van der Waals surface area contributed by atoms with Gasteiger partial charge in [-0.15, -0.1) is 0 Å². The lowest BCUT2D eigenvalue weighted by Crippen LogP contribution is -2.29. The number of rotatable bonds is 4. The maximum atomic E-state index is 5.78. The zero-order valence-electron chi connectivity index (χ0n) is 12.1. The molecule has 106 valence electrons. The van der Waals surface area contributed by atoms with Gasteiger partial charge in [0.15, 0.2) is 0 Å². The van der Waals surface area contributed by atoms with E-state index < -0.39 is 0 Å². The molecule has 3 heteroatoms. The molecule has 0 amide bonds. The third kappa shape index (κ3) is 2.94. The van der Waals surface area contributed by atoms with Crippen molar-refractivity contribution < 1.29 is 0 Å². The van der Waals surface area contributed by atoms with Crippen molar-refractivity contribution in [1.82, 2.24) is 10.4 Å². The van der Waals surface area contributed by atoms with Crippen LogP contribution >= 0.6 is 0 Å². The Labute approximate surface area is 124 Å². The predicted octanol–water partition coefficient (Wildman–Crippen LogP) is 3.29. The number of hydrazine groups is 1. The summed E-state index contributed by atoms with van der Waals surface area (Å²) in [4.78, 5) is 4.41. The highest BCUT2D eigenvalue weighted by Gasteiger charge is 2.12. The summed E-state index contributed by atoms with van der Waals surface area (Å²) in [5.74, 6) is 5.78. The number of aromatic nitrogens is 1. The van der Waals surface area contributed by atoms with Crippen molar-refractivity contribution in [2.24, 2.45) is 5.84 Å². The number of benzene rings is 2. The molecule has 0 aliphatic rings. The monoisotopic (exact) mass is 277 g/mol. The first-order chi connectivity index (χ1) is 10.3. The van der Waals surface area contributed by atoms with Crippen LogP contribution in [0, 0.1) is 6.92 Å². The zero-order valence-corrected chi connectivity index (χ0v) is 12.1. The van der Waals surface area contributed by atoms with E-state index in [0.717, 1.165) is 22.9 Å². The highest BCUT2D eigenvalue weighted by molar-refractivity contribution is 5.79. The summed E-state index contributed by atoms with van der Waals surface area (Å²) in [6.07, 6.45) is 2.68. The fourth-order valence-corrected chi connectivity index (χ4v) is 2.63. The second-order valence-electron chi connectivity index (χ2n) is 5.31. The summed E-state index contributed by atoms with van der Waals surface area (Å²) < 4.78 is 0. The van der Waals surface area contributed by atoms with Crippen LogP contribution in [-0.2, 0) is 6.42 Å². The molecule has 0 aliphatic carbocycles. The Kier molecular flexibility index (Phi) is 3.95. The topological polar surface area (TPSA) is 50.9 Å². The van der Waals surface area contributed by atoms with Gasteiger partial charge in [-0.25, -0.2) is 0 Å². The average Bonchev–Trinajstić information content (AvgIpc) is 2.54. The molecule has 1 heterocycles. The van der Waals surface area contributed by atoms with E-state index in [4.69, 9.17) is 5.84 Å². The van der Waals surface area contributed by atoms with E-state index in [9.17, 15) is 0 Å². The minimum Gasteiger partial charge on any atom is -0.271 e. The van der Waals surface area contributed by atoms with Gasteiger partial charge in [0.05, 0.1) is 11.6 Å². The quantitative estimate of drug-likeness (QED) is 0.568. The number of hydrogen-bond acceptors (Lipinski definition) is 3. The Hall–Kier alpha value is -2.23. The molecule has 0 bridgehead atoms. The predicted molar refractivity (Wildman–Crippen MR) is 86.7 cm³/mol. The Bertz CT molecular complexity index is 752. The van der Waals surface area contributed by atoms with Gasteiger partial charge < -0.3 is 0 Å². The summed E-state index contributed by atoms with van der Waals surface area (Å²) in [7, 11) is 0. The van der Waals surface area contributed by atoms with E-state index in [1.165, 1.54) is 11.1 Å². The van der Waals surface area contributed by atoms with E-state index in [1.54, 1.807) is 0 Å². The molecule has 0 saturated heterocycles. The van der Waals surface area contributed by atoms with Gasteiger partial charge in [-0.1, -0.05) is 42.5 Å². The molecule has 3 rings (SSSR count). The van der Waals surface area contributed by atoms with Crippen LogP contribution < -0.4 is 11.3 Å². The Morgan fingerprint density at radius 1 is 1.10 bits per heavy atom. The van der Waals surface area contributed by atoms with Crippen molar-refractivity contribution in [3.05, 3.63) is 77.5 Å². The van der Waals surface area contributed by atoms with E-state index in [0.29, 0.717) is 0 Å². The molecule has 3 N–H and O–H groups in total. The Morgan fingerprint density at radius 3 is 2.76 bits per heavy atom. The van der Waals surface area contributed by atoms with Crippen molar-refractivity contribution in [3.63, 3.8) is 0 Å². The minimum absolute atomic E-state index is 0.0810. The summed E-state index contributed by atoms with van der Waals surface area (Å²) >= 11 is 0. The molecule has 0 fully saturated rings. The largest absolute Gasteiger partial charge is 0.271 e. The smallest absolute Gasteiger partial charge is 0.0705 e. The normalized spacial score (nSPS) is 12.5. The molecular formula is C18H19N3. The van der Waals surface area contributed by atoms with Crippen LogP contribution in [0.15, 0.2) is 60.8 Å².